The molecule has 8 heteroatoms. The summed E-state index contributed by atoms with van der Waals surface area (Å²) in [4.78, 5) is 10.8. The molecule has 0 bridgehead atoms. The molecule has 5 atom stereocenters. The third-order valence-electron chi connectivity index (χ3n) is 6.08. The molecule has 0 heterocycles. The zero-order chi connectivity index (χ0) is 28.3. The Morgan fingerprint density at radius 3 is 1.81 bits per heavy atom. The lowest BCUT2D eigenvalue weighted by molar-refractivity contribution is -0.635. The van der Waals surface area contributed by atoms with Gasteiger partial charge in [-0.2, -0.15) is 0 Å². The highest BCUT2D eigenvalue weighted by Gasteiger charge is 2.30. The Morgan fingerprint density at radius 1 is 0.784 bits per heavy atom. The minimum Gasteiger partial charge on any atom is -0.550 e. The van der Waals surface area contributed by atoms with Crippen LogP contribution in [0.2, 0.25) is 0 Å². The second-order valence-corrected chi connectivity index (χ2v) is 9.36. The van der Waals surface area contributed by atoms with E-state index < -0.39 is 37.0 Å². The van der Waals surface area contributed by atoms with Crippen LogP contribution in [-0.2, 0) is 4.79 Å². The van der Waals surface area contributed by atoms with Crippen LogP contribution in [0.3, 0.4) is 0 Å². The fourth-order valence-electron chi connectivity index (χ4n) is 3.62. The minimum absolute atomic E-state index is 0.219. The average Bonchev–Trinajstić information content (AvgIpc) is 2.89. The Bertz CT molecular complexity index is 595. The number of carbonyl (C=O) groups excluding carboxylic acids is 1. The molecular formula is C29H55NO7. The molecule has 0 saturated carbocycles. The molecule has 0 radical (unpaired) electrons. The van der Waals surface area contributed by atoms with Crippen LogP contribution in [0.15, 0.2) is 36.5 Å². The van der Waals surface area contributed by atoms with Crippen LogP contribution >= 0.6 is 0 Å². The molecule has 0 aromatic rings. The molecule has 0 aliphatic rings. The molecule has 0 saturated heterocycles. The molecule has 37 heavy (non-hydrogen) atoms. The van der Waals surface area contributed by atoms with Gasteiger partial charge in [0.25, 0.3) is 0 Å². The van der Waals surface area contributed by atoms with Crippen LogP contribution in [0.1, 0.15) is 90.9 Å². The number of rotatable bonds is 22. The lowest BCUT2D eigenvalue weighted by Gasteiger charge is -2.24. The first-order valence-electron chi connectivity index (χ1n) is 14.0. The van der Waals surface area contributed by atoms with Crippen molar-refractivity contribution in [1.82, 2.24) is 0 Å². The Hall–Kier alpha value is -1.55. The molecule has 0 rings (SSSR count). The Kier molecular flexibility index (Phi) is 27.9. The Labute approximate surface area is 224 Å². The van der Waals surface area contributed by atoms with Gasteiger partial charge in [-0.05, 0) is 50.9 Å². The molecule has 0 aliphatic carbocycles. The fourth-order valence-corrected chi connectivity index (χ4v) is 3.62. The maximum atomic E-state index is 10.8. The van der Waals surface area contributed by atoms with Gasteiger partial charge in [-0.1, -0.05) is 82.4 Å². The number of carboxylic acid groups (broad SMARTS) is 1. The molecule has 5 unspecified atom stereocenters. The van der Waals surface area contributed by atoms with Crippen molar-refractivity contribution in [3.63, 3.8) is 0 Å². The number of carbonyl (C=O) groups is 1. The number of nitrogens with two attached hydrogens (primary N) is 1. The van der Waals surface area contributed by atoms with E-state index in [4.69, 9.17) is 15.3 Å². The summed E-state index contributed by atoms with van der Waals surface area (Å²) in [6.07, 6.45) is 20.9. The van der Waals surface area contributed by atoms with Crippen molar-refractivity contribution in [3.8, 4) is 0 Å². The second-order valence-electron chi connectivity index (χ2n) is 9.36. The molecule has 0 aromatic carbocycles. The summed E-state index contributed by atoms with van der Waals surface area (Å²) in [7, 11) is 1.70. The first-order valence-corrected chi connectivity index (χ1v) is 14.0. The van der Waals surface area contributed by atoms with E-state index in [0.29, 0.717) is 6.42 Å². The van der Waals surface area contributed by atoms with Crippen molar-refractivity contribution in [2.75, 3.05) is 20.2 Å². The van der Waals surface area contributed by atoms with Gasteiger partial charge in [-0.15, -0.1) is 0 Å². The number of aliphatic carboxylic acids is 1. The first-order chi connectivity index (χ1) is 17.8. The summed E-state index contributed by atoms with van der Waals surface area (Å²) in [5.74, 6) is -1.12. The van der Waals surface area contributed by atoms with Gasteiger partial charge in [0.1, 0.15) is 31.0 Å². The van der Waals surface area contributed by atoms with Crippen LogP contribution in [0.4, 0.5) is 0 Å². The summed E-state index contributed by atoms with van der Waals surface area (Å²) < 4.78 is 0. The number of likely N-dealkylation sites (N-methyl/N-ethyl adjacent to an activating group) is 1. The van der Waals surface area contributed by atoms with Crippen molar-refractivity contribution in [1.29, 1.82) is 0 Å². The topological polar surface area (TPSA) is 158 Å². The highest BCUT2D eigenvalue weighted by molar-refractivity contribution is 5.67. The van der Waals surface area contributed by atoms with Gasteiger partial charge in [0, 0.05) is 5.97 Å². The van der Waals surface area contributed by atoms with Gasteiger partial charge in [0.15, 0.2) is 0 Å². The Balaban J connectivity index is 0. The summed E-state index contributed by atoms with van der Waals surface area (Å²) >= 11 is 0. The number of carboxylic acids is 1. The molecule has 0 amide bonds. The van der Waals surface area contributed by atoms with Crippen LogP contribution in [0.25, 0.3) is 0 Å². The number of hydrogen-bond acceptors (Lipinski definition) is 7. The van der Waals surface area contributed by atoms with Crippen molar-refractivity contribution < 1.29 is 40.8 Å². The van der Waals surface area contributed by atoms with Crippen molar-refractivity contribution in [2.24, 2.45) is 5.92 Å². The van der Waals surface area contributed by atoms with E-state index in [9.17, 15) is 20.1 Å². The quantitative estimate of drug-likeness (QED) is 0.0912. The van der Waals surface area contributed by atoms with Crippen molar-refractivity contribution in [3.05, 3.63) is 36.5 Å². The van der Waals surface area contributed by atoms with Crippen LogP contribution in [-0.4, -0.2) is 76.1 Å². The second kappa shape index (κ2) is 27.5. The molecule has 0 spiro atoms. The molecule has 218 valence electrons. The van der Waals surface area contributed by atoms with E-state index in [1.807, 2.05) is 6.92 Å². The standard InChI is InChI=1S/C22H38O2.C7H17NO5/c1-3-5-6-7-8-9-10-11-12-13-14-15-16-17-18-19-20-21(4-2)22(23)24;1-8-2-4(10)6(12)7(13)5(11)3-9/h5-6,8-9,11-12,21H,3-4,7,10,13-20H2,1-2H3,(H,23,24);4-13H,2-3H2,1H3/b6-5+,9-8+,12-11+;. The molecule has 0 fully saturated rings. The van der Waals surface area contributed by atoms with Gasteiger partial charge in [-0.3, -0.25) is 0 Å². The summed E-state index contributed by atoms with van der Waals surface area (Å²) in [5.41, 5.74) is 0. The van der Waals surface area contributed by atoms with E-state index >= 15 is 0 Å². The maximum absolute atomic E-state index is 10.8. The zero-order valence-corrected chi connectivity index (χ0v) is 23.4. The van der Waals surface area contributed by atoms with Crippen molar-refractivity contribution >= 4 is 5.97 Å². The number of aliphatic hydroxyl groups is 5. The minimum atomic E-state index is -1.53. The first kappa shape index (κ1) is 37.6. The van der Waals surface area contributed by atoms with Gasteiger partial charge in [-0.25, -0.2) is 0 Å². The maximum Gasteiger partial charge on any atom is 0.131 e. The third-order valence-corrected chi connectivity index (χ3v) is 6.08. The zero-order valence-electron chi connectivity index (χ0n) is 23.4. The summed E-state index contributed by atoms with van der Waals surface area (Å²) in [6, 6.07) is 0. The SMILES string of the molecule is CC/C=C/C/C=C/C/C=C/CCCCCCCCC(CC)C(=O)[O-].C[NH2+]CC(O)C(O)C(O)C(O)CO. The lowest BCUT2D eigenvalue weighted by atomic mass is 9.98. The number of hydrogen-bond donors (Lipinski definition) is 6. The average molecular weight is 530 g/mol. The van der Waals surface area contributed by atoms with Crippen LogP contribution in [0, 0.1) is 5.92 Å². The monoisotopic (exact) mass is 529 g/mol. The van der Waals surface area contributed by atoms with E-state index in [1.54, 1.807) is 12.4 Å². The smallest absolute Gasteiger partial charge is 0.131 e. The molecule has 7 N–H and O–H groups in total. The number of unbranched alkanes of at least 4 members (excludes halogenated alkanes) is 6. The molecule has 8 nitrogen and oxygen atoms in total. The summed E-state index contributed by atoms with van der Waals surface area (Å²) in [5, 5.41) is 57.4. The molecule has 0 aliphatic heterocycles. The van der Waals surface area contributed by atoms with Gasteiger partial charge in [0.05, 0.1) is 13.7 Å². The van der Waals surface area contributed by atoms with E-state index in [1.165, 1.54) is 32.1 Å². The molecular weight excluding hydrogens is 474 g/mol. The van der Waals surface area contributed by atoms with E-state index in [-0.39, 0.29) is 12.5 Å². The normalized spacial score (nSPS) is 16.0. The number of aliphatic hydroxyl groups excluding tert-OH is 5. The van der Waals surface area contributed by atoms with Gasteiger partial charge in [0.2, 0.25) is 0 Å². The Morgan fingerprint density at radius 2 is 1.30 bits per heavy atom. The molecule has 0 aromatic heterocycles. The predicted molar refractivity (Wildman–Crippen MR) is 146 cm³/mol. The third kappa shape index (κ3) is 23.3. The van der Waals surface area contributed by atoms with Crippen molar-refractivity contribution in [2.45, 2.75) is 115 Å². The van der Waals surface area contributed by atoms with E-state index in [0.717, 1.165) is 38.5 Å². The highest BCUT2D eigenvalue weighted by Crippen LogP contribution is 2.15. The predicted octanol–water partition coefficient (Wildman–Crippen LogP) is 1.36. The highest BCUT2D eigenvalue weighted by atomic mass is 16.4. The fraction of sp³-hybridized carbons (Fsp3) is 0.759. The van der Waals surface area contributed by atoms with Gasteiger partial charge >= 0.3 is 0 Å². The number of quaternary nitrogens is 1. The van der Waals surface area contributed by atoms with E-state index in [2.05, 4.69) is 43.4 Å². The number of allylic oxidation sites excluding steroid dienone is 6. The lowest BCUT2D eigenvalue weighted by Crippen LogP contribution is -2.83. The van der Waals surface area contributed by atoms with Crippen LogP contribution in [0.5, 0.6) is 0 Å². The summed E-state index contributed by atoms with van der Waals surface area (Å²) in [6.45, 7) is 3.65. The van der Waals surface area contributed by atoms with Crippen LogP contribution < -0.4 is 10.4 Å². The van der Waals surface area contributed by atoms with Gasteiger partial charge < -0.3 is 40.8 Å². The largest absolute Gasteiger partial charge is 0.550 e.